The van der Waals surface area contributed by atoms with E-state index >= 15 is 0 Å². The van der Waals surface area contributed by atoms with Gasteiger partial charge >= 0.3 is 12.1 Å². The lowest BCUT2D eigenvalue weighted by Crippen LogP contribution is -2.38. The normalized spacial score (nSPS) is 18.8. The van der Waals surface area contributed by atoms with Crippen LogP contribution in [0.2, 0.25) is 0 Å². The third-order valence-corrected chi connectivity index (χ3v) is 7.89. The van der Waals surface area contributed by atoms with E-state index in [0.29, 0.717) is 28.9 Å². The van der Waals surface area contributed by atoms with Crippen molar-refractivity contribution >= 4 is 23.3 Å². The molecule has 5 N–H and O–H groups in total. The van der Waals surface area contributed by atoms with Crippen molar-refractivity contribution in [2.24, 2.45) is 5.92 Å². The second kappa shape index (κ2) is 15.0. The first-order chi connectivity index (χ1) is 20.6. The molecule has 2 fully saturated rings. The predicted octanol–water partition coefficient (Wildman–Crippen LogP) is 5.34. The Bertz CT molecular complexity index is 1330. The van der Waals surface area contributed by atoms with Crippen LogP contribution in [0.25, 0.3) is 0 Å². The Labute approximate surface area is 249 Å². The summed E-state index contributed by atoms with van der Waals surface area (Å²) < 4.78 is 31.7. The van der Waals surface area contributed by atoms with Gasteiger partial charge in [-0.1, -0.05) is 30.3 Å². The number of likely N-dealkylation sites (tertiary alicyclic amines) is 1. The van der Waals surface area contributed by atoms with Crippen LogP contribution in [-0.4, -0.2) is 65.3 Å². The fourth-order valence-corrected chi connectivity index (χ4v) is 5.25. The number of nitrogens with zero attached hydrogens (tertiary/aromatic N) is 2. The minimum Gasteiger partial charge on any atom is -0.475 e. The fourth-order valence-electron chi connectivity index (χ4n) is 5.25. The van der Waals surface area contributed by atoms with Gasteiger partial charge in [0.05, 0.1) is 11.4 Å². The zero-order valence-electron chi connectivity index (χ0n) is 23.9. The molecule has 5 rings (SSSR count). The van der Waals surface area contributed by atoms with Crippen LogP contribution in [-0.2, 0) is 11.2 Å². The molecule has 2 heterocycles. The first kappa shape index (κ1) is 32.0. The average molecular weight is 598 g/mol. The van der Waals surface area contributed by atoms with Crippen molar-refractivity contribution in [2.75, 3.05) is 37.2 Å². The number of hydrogen-bond donors (Lipinski definition) is 4. The number of carbonyl (C=O) groups excluding carboxylic acids is 1. The molecule has 2 atom stereocenters. The maximum absolute atomic E-state index is 12.5. The van der Waals surface area contributed by atoms with E-state index in [1.807, 2.05) is 48.8 Å². The third-order valence-electron chi connectivity index (χ3n) is 7.89. The molecule has 8 nitrogen and oxygen atoms in total. The zero-order chi connectivity index (χ0) is 30.8. The van der Waals surface area contributed by atoms with Crippen LogP contribution in [0.15, 0.2) is 73.1 Å². The zero-order valence-corrected chi connectivity index (χ0v) is 23.9. The van der Waals surface area contributed by atoms with Gasteiger partial charge in [0, 0.05) is 29.9 Å². The van der Waals surface area contributed by atoms with Crippen molar-refractivity contribution < 1.29 is 27.9 Å². The number of halogens is 3. The Kier molecular flexibility index (Phi) is 11.1. The van der Waals surface area contributed by atoms with Crippen LogP contribution in [0.5, 0.6) is 0 Å². The number of benzene rings is 2. The van der Waals surface area contributed by atoms with E-state index in [1.54, 1.807) is 6.07 Å². The SMILES string of the molecule is Nc1ccccc1NC(=O)c1ccc(CCCN2CCC(CNC3CC3c3cccnc3)CC2)cc1.O=C(O)C(F)(F)F. The molecule has 2 unspecified atom stereocenters. The van der Waals surface area contributed by atoms with Crippen LogP contribution in [0.1, 0.15) is 53.1 Å². The minimum atomic E-state index is -5.08. The number of carboxylic acid groups (broad SMARTS) is 1. The highest BCUT2D eigenvalue weighted by molar-refractivity contribution is 6.05. The second-order valence-electron chi connectivity index (χ2n) is 11.1. The highest BCUT2D eigenvalue weighted by Crippen LogP contribution is 2.40. The molecular weight excluding hydrogens is 559 g/mol. The van der Waals surface area contributed by atoms with E-state index in [1.165, 1.54) is 43.5 Å². The van der Waals surface area contributed by atoms with Gasteiger partial charge in [-0.15, -0.1) is 0 Å². The van der Waals surface area contributed by atoms with Gasteiger partial charge in [-0.3, -0.25) is 9.78 Å². The second-order valence-corrected chi connectivity index (χ2v) is 11.1. The van der Waals surface area contributed by atoms with Gasteiger partial charge in [0.15, 0.2) is 0 Å². The molecule has 11 heteroatoms. The number of carbonyl (C=O) groups is 2. The van der Waals surface area contributed by atoms with E-state index in [4.69, 9.17) is 15.6 Å². The molecule has 1 aromatic heterocycles. The number of piperidine rings is 1. The smallest absolute Gasteiger partial charge is 0.475 e. The van der Waals surface area contributed by atoms with Gasteiger partial charge in [-0.25, -0.2) is 4.79 Å². The number of aromatic nitrogens is 1. The molecule has 1 aliphatic heterocycles. The summed E-state index contributed by atoms with van der Waals surface area (Å²) in [4.78, 5) is 28.3. The first-order valence-corrected chi connectivity index (χ1v) is 14.5. The summed E-state index contributed by atoms with van der Waals surface area (Å²) in [7, 11) is 0. The number of aliphatic carboxylic acids is 1. The number of amides is 1. The van der Waals surface area contributed by atoms with E-state index in [2.05, 4.69) is 38.7 Å². The molecule has 1 amide bonds. The Hall–Kier alpha value is -3.96. The Morgan fingerprint density at radius 1 is 1.02 bits per heavy atom. The summed E-state index contributed by atoms with van der Waals surface area (Å²) in [6.45, 7) is 4.68. The van der Waals surface area contributed by atoms with E-state index < -0.39 is 12.1 Å². The lowest BCUT2D eigenvalue weighted by Gasteiger charge is -2.32. The van der Waals surface area contributed by atoms with Gasteiger partial charge < -0.3 is 26.4 Å². The molecule has 2 aromatic carbocycles. The summed E-state index contributed by atoms with van der Waals surface area (Å²) in [5, 5.41) is 13.8. The Balaban J connectivity index is 0.000000541. The summed E-state index contributed by atoms with van der Waals surface area (Å²) >= 11 is 0. The van der Waals surface area contributed by atoms with E-state index in [9.17, 15) is 18.0 Å². The number of pyridine rings is 1. The van der Waals surface area contributed by atoms with Crippen molar-refractivity contribution in [3.63, 3.8) is 0 Å². The van der Waals surface area contributed by atoms with Crippen molar-refractivity contribution in [3.8, 4) is 0 Å². The monoisotopic (exact) mass is 597 g/mol. The molecular formula is C32H38F3N5O3. The van der Waals surface area contributed by atoms with Crippen LogP contribution < -0.4 is 16.4 Å². The molecule has 0 bridgehead atoms. The molecule has 1 aliphatic carbocycles. The number of carboxylic acids is 1. The molecule has 43 heavy (non-hydrogen) atoms. The van der Waals surface area contributed by atoms with Crippen LogP contribution >= 0.6 is 0 Å². The molecule has 1 saturated heterocycles. The maximum atomic E-state index is 12.5. The lowest BCUT2D eigenvalue weighted by atomic mass is 9.96. The topological polar surface area (TPSA) is 121 Å². The summed E-state index contributed by atoms with van der Waals surface area (Å²) in [5.41, 5.74) is 10.4. The highest BCUT2D eigenvalue weighted by atomic mass is 19.4. The summed E-state index contributed by atoms with van der Waals surface area (Å²) in [6, 6.07) is 20.1. The number of nitrogens with two attached hydrogens (primary N) is 1. The van der Waals surface area contributed by atoms with Crippen molar-refractivity contribution in [1.29, 1.82) is 0 Å². The molecule has 230 valence electrons. The molecule has 0 spiro atoms. The predicted molar refractivity (Wildman–Crippen MR) is 160 cm³/mol. The number of hydrogen-bond acceptors (Lipinski definition) is 6. The van der Waals surface area contributed by atoms with Crippen LogP contribution in [0.4, 0.5) is 24.5 Å². The maximum Gasteiger partial charge on any atom is 0.490 e. The Morgan fingerprint density at radius 3 is 2.35 bits per heavy atom. The van der Waals surface area contributed by atoms with Gasteiger partial charge in [0.25, 0.3) is 5.91 Å². The quantitative estimate of drug-likeness (QED) is 0.233. The number of aryl methyl sites for hydroxylation is 1. The standard InChI is InChI=1S/C30H37N5O.C2HF3O2/c31-27-7-1-2-8-28(27)34-30(36)24-11-9-22(10-12-24)5-4-16-35-17-13-23(14-18-35)20-33-29-19-26(29)25-6-3-15-32-21-25;3-2(4,5)1(6)7/h1-3,6-12,15,21,23,26,29,33H,4-5,13-14,16-20,31H2,(H,34,36);(H,6,7). The largest absolute Gasteiger partial charge is 0.490 e. The first-order valence-electron chi connectivity index (χ1n) is 14.5. The molecule has 0 radical (unpaired) electrons. The number of alkyl halides is 3. The van der Waals surface area contributed by atoms with Gasteiger partial charge in [0.1, 0.15) is 0 Å². The van der Waals surface area contributed by atoms with Crippen molar-refractivity contribution in [3.05, 3.63) is 89.7 Å². The van der Waals surface area contributed by atoms with Gasteiger partial charge in [0.2, 0.25) is 0 Å². The lowest BCUT2D eigenvalue weighted by molar-refractivity contribution is -0.192. The summed E-state index contributed by atoms with van der Waals surface area (Å²) in [5.74, 6) is -1.44. The van der Waals surface area contributed by atoms with Gasteiger partial charge in [-0.2, -0.15) is 13.2 Å². The number of rotatable bonds is 10. The van der Waals surface area contributed by atoms with Gasteiger partial charge in [-0.05, 0) is 106 Å². The number of para-hydroxylation sites is 2. The molecule has 3 aromatic rings. The fraction of sp³-hybridized carbons (Fsp3) is 0.406. The summed E-state index contributed by atoms with van der Waals surface area (Å²) in [6.07, 6.45) is 4.77. The van der Waals surface area contributed by atoms with Crippen molar-refractivity contribution in [1.82, 2.24) is 15.2 Å². The number of anilines is 2. The number of nitrogens with one attached hydrogen (secondary N) is 2. The Morgan fingerprint density at radius 2 is 1.72 bits per heavy atom. The molecule has 1 saturated carbocycles. The van der Waals surface area contributed by atoms with E-state index in [0.717, 1.165) is 31.8 Å². The third kappa shape index (κ3) is 10.1. The molecule has 2 aliphatic rings. The number of nitrogen functional groups attached to an aromatic ring is 1. The van der Waals surface area contributed by atoms with E-state index in [-0.39, 0.29) is 5.91 Å². The highest BCUT2D eigenvalue weighted by Gasteiger charge is 2.39. The average Bonchev–Trinajstić information content (AvgIpc) is 3.78. The van der Waals surface area contributed by atoms with Crippen LogP contribution in [0, 0.1) is 5.92 Å². The van der Waals surface area contributed by atoms with Crippen molar-refractivity contribution in [2.45, 2.75) is 50.2 Å². The minimum absolute atomic E-state index is 0.133. The van der Waals surface area contributed by atoms with Crippen LogP contribution in [0.3, 0.4) is 0 Å².